The van der Waals surface area contributed by atoms with Gasteiger partial charge in [0.15, 0.2) is 6.29 Å². The Balaban J connectivity index is 1.85. The summed E-state index contributed by atoms with van der Waals surface area (Å²) in [4.78, 5) is 45.2. The van der Waals surface area contributed by atoms with E-state index in [-0.39, 0.29) is 23.8 Å². The van der Waals surface area contributed by atoms with E-state index in [1.807, 2.05) is 45.9 Å². The second kappa shape index (κ2) is 12.4. The van der Waals surface area contributed by atoms with E-state index in [1.165, 1.54) is 22.7 Å². The van der Waals surface area contributed by atoms with Gasteiger partial charge in [0.2, 0.25) is 5.91 Å². The molecule has 1 fully saturated rings. The maximum atomic E-state index is 13.6. The number of carbonyl (C=O) groups is 3. The highest BCUT2D eigenvalue weighted by molar-refractivity contribution is 7.15. The number of thiazole rings is 1. The highest BCUT2D eigenvalue weighted by Crippen LogP contribution is 2.38. The minimum atomic E-state index is -0.305. The summed E-state index contributed by atoms with van der Waals surface area (Å²) in [6, 6.07) is 1.87. The minimum absolute atomic E-state index is 0.000526. The van der Waals surface area contributed by atoms with Crippen LogP contribution in [0.1, 0.15) is 85.3 Å². The van der Waals surface area contributed by atoms with Crippen molar-refractivity contribution in [3.8, 4) is 0 Å². The van der Waals surface area contributed by atoms with E-state index in [9.17, 15) is 14.4 Å². The first-order valence-corrected chi connectivity index (χ1v) is 14.1. The molecule has 0 spiro atoms. The number of nitrogens with zero attached hydrogens (tertiary/aromatic N) is 2. The van der Waals surface area contributed by atoms with E-state index in [4.69, 9.17) is 0 Å². The van der Waals surface area contributed by atoms with Crippen LogP contribution in [-0.2, 0) is 4.79 Å². The monoisotopic (exact) mass is 525 g/mol. The number of nitrogens with one attached hydrogen (secondary N) is 1. The molecule has 2 amide bonds. The van der Waals surface area contributed by atoms with Gasteiger partial charge in [0.1, 0.15) is 5.69 Å². The Morgan fingerprint density at radius 2 is 1.94 bits per heavy atom. The number of hydrogen-bond donors (Lipinski definition) is 1. The molecule has 1 aliphatic carbocycles. The number of hydrogen-bond acceptors (Lipinski definition) is 6. The van der Waals surface area contributed by atoms with Gasteiger partial charge in [0.25, 0.3) is 5.91 Å². The molecule has 3 rings (SSSR count). The van der Waals surface area contributed by atoms with Crippen molar-refractivity contribution in [1.82, 2.24) is 10.3 Å². The van der Waals surface area contributed by atoms with Crippen LogP contribution in [0.2, 0.25) is 0 Å². The molecule has 1 N–H and O–H groups in total. The lowest BCUT2D eigenvalue weighted by molar-refractivity contribution is -0.123. The fourth-order valence-electron chi connectivity index (χ4n) is 4.41. The van der Waals surface area contributed by atoms with Crippen LogP contribution in [0.4, 0.5) is 5.69 Å². The second-order valence-electron chi connectivity index (χ2n) is 9.61. The fraction of sp³-hybridized carbons (Fsp3) is 0.429. The van der Waals surface area contributed by atoms with Crippen molar-refractivity contribution >= 4 is 52.0 Å². The lowest BCUT2D eigenvalue weighted by Crippen LogP contribution is -2.42. The molecular weight excluding hydrogens is 490 g/mol. The van der Waals surface area contributed by atoms with Crippen molar-refractivity contribution in [3.05, 3.63) is 62.4 Å². The van der Waals surface area contributed by atoms with E-state index < -0.39 is 0 Å². The van der Waals surface area contributed by atoms with Gasteiger partial charge in [0.05, 0.1) is 16.1 Å². The lowest BCUT2D eigenvalue weighted by atomic mass is 9.82. The number of aldehydes is 1. The Kier molecular flexibility index (Phi) is 9.56. The summed E-state index contributed by atoms with van der Waals surface area (Å²) < 4.78 is 0. The molecule has 8 heteroatoms. The van der Waals surface area contributed by atoms with Crippen LogP contribution in [0.5, 0.6) is 0 Å². The highest BCUT2D eigenvalue weighted by atomic mass is 32.1. The molecule has 0 atom stereocenters. The summed E-state index contributed by atoms with van der Waals surface area (Å²) in [5.74, 6) is 0.463. The van der Waals surface area contributed by atoms with Crippen molar-refractivity contribution in [1.29, 1.82) is 0 Å². The van der Waals surface area contributed by atoms with Crippen molar-refractivity contribution in [2.75, 3.05) is 4.90 Å². The minimum Gasteiger partial charge on any atom is -0.321 e. The zero-order valence-electron chi connectivity index (χ0n) is 21.7. The zero-order valence-corrected chi connectivity index (χ0v) is 23.3. The van der Waals surface area contributed by atoms with Crippen molar-refractivity contribution in [2.45, 2.75) is 66.3 Å². The average Bonchev–Trinajstić information content (AvgIpc) is 3.53. The predicted molar refractivity (Wildman–Crippen MR) is 150 cm³/mol. The zero-order chi connectivity index (χ0) is 26.4. The van der Waals surface area contributed by atoms with Gasteiger partial charge < -0.3 is 10.2 Å². The van der Waals surface area contributed by atoms with Gasteiger partial charge in [-0.1, -0.05) is 19.6 Å². The number of anilines is 1. The topological polar surface area (TPSA) is 79.4 Å². The lowest BCUT2D eigenvalue weighted by Gasteiger charge is -2.33. The molecule has 0 aromatic carbocycles. The molecule has 0 radical (unpaired) electrons. The number of allylic oxidation sites excluding steroid dienone is 4. The van der Waals surface area contributed by atoms with Crippen molar-refractivity contribution in [2.24, 2.45) is 11.8 Å². The van der Waals surface area contributed by atoms with Crippen LogP contribution >= 0.6 is 22.7 Å². The highest BCUT2D eigenvalue weighted by Gasteiger charge is 2.32. The summed E-state index contributed by atoms with van der Waals surface area (Å²) in [5.41, 5.74) is 4.78. The summed E-state index contributed by atoms with van der Waals surface area (Å²) in [5, 5.41) is 4.47. The third-order valence-corrected chi connectivity index (χ3v) is 8.28. The molecule has 0 bridgehead atoms. The molecule has 192 valence electrons. The van der Waals surface area contributed by atoms with E-state index in [0.29, 0.717) is 27.9 Å². The average molecular weight is 526 g/mol. The first kappa shape index (κ1) is 27.7. The normalized spacial score (nSPS) is 18.7. The van der Waals surface area contributed by atoms with Gasteiger partial charge in [-0.05, 0) is 82.6 Å². The molecule has 0 aliphatic heterocycles. The van der Waals surface area contributed by atoms with E-state index in [0.717, 1.165) is 48.0 Å². The summed E-state index contributed by atoms with van der Waals surface area (Å²) in [6.07, 6.45) is 8.64. The van der Waals surface area contributed by atoms with E-state index >= 15 is 0 Å². The smallest absolute Gasteiger partial charge is 0.275 e. The van der Waals surface area contributed by atoms with Gasteiger partial charge >= 0.3 is 0 Å². The molecule has 0 saturated heterocycles. The Hall–Kier alpha value is -2.84. The second-order valence-corrected chi connectivity index (χ2v) is 11.4. The van der Waals surface area contributed by atoms with E-state index in [1.54, 1.807) is 15.8 Å². The predicted octanol–water partition coefficient (Wildman–Crippen LogP) is 6.88. The number of thiophene rings is 1. The molecule has 2 aromatic heterocycles. The van der Waals surface area contributed by atoms with Crippen LogP contribution in [-0.4, -0.2) is 29.1 Å². The molecule has 2 aromatic rings. The van der Waals surface area contributed by atoms with Gasteiger partial charge in [-0.25, -0.2) is 4.98 Å². The van der Waals surface area contributed by atoms with Crippen LogP contribution in [0.25, 0.3) is 5.57 Å². The SMILES string of the molecule is C=C(NC(=O)c1cscn1)/C(C)=C\C(=C/C)c1cc(N(C(=O)C2CCC(C)CC2)C(C)C)c(C=O)s1. The summed E-state index contributed by atoms with van der Waals surface area (Å²) in [6.45, 7) is 14.0. The number of aromatic nitrogens is 1. The third kappa shape index (κ3) is 6.48. The van der Waals surface area contributed by atoms with Crippen LogP contribution in [0.15, 0.2) is 47.0 Å². The quantitative estimate of drug-likeness (QED) is 0.286. The van der Waals surface area contributed by atoms with Gasteiger partial charge in [-0.15, -0.1) is 22.7 Å². The van der Waals surface area contributed by atoms with Gasteiger partial charge in [-0.2, -0.15) is 0 Å². The van der Waals surface area contributed by atoms with E-state index in [2.05, 4.69) is 23.8 Å². The number of amides is 2. The van der Waals surface area contributed by atoms with Crippen LogP contribution in [0.3, 0.4) is 0 Å². The van der Waals surface area contributed by atoms with Crippen molar-refractivity contribution < 1.29 is 14.4 Å². The molecular formula is C28H35N3O3S2. The maximum Gasteiger partial charge on any atom is 0.275 e. The molecule has 36 heavy (non-hydrogen) atoms. The van der Waals surface area contributed by atoms with Gasteiger partial charge in [0, 0.05) is 27.9 Å². The first-order chi connectivity index (χ1) is 17.2. The maximum absolute atomic E-state index is 13.6. The van der Waals surface area contributed by atoms with Crippen LogP contribution in [0, 0.1) is 11.8 Å². The Bertz CT molecular complexity index is 1170. The number of carbonyl (C=O) groups excluding carboxylic acids is 3. The molecule has 1 aliphatic rings. The fourth-order valence-corrected chi connectivity index (χ4v) is 5.95. The largest absolute Gasteiger partial charge is 0.321 e. The molecule has 6 nitrogen and oxygen atoms in total. The third-order valence-electron chi connectivity index (χ3n) is 6.60. The standard InChI is InChI=1S/C28H35N3O3S2/c1-7-21(12-19(5)20(6)30-27(33)23-15-35-16-29-23)25-13-24(26(14-32)36-25)31(17(2)3)28(34)22-10-8-18(4)9-11-22/h7,12-18,22H,6,8-11H2,1-5H3,(H,30,33)/b19-12-,21-7+. The molecule has 1 saturated carbocycles. The Labute approximate surface area is 221 Å². The van der Waals surface area contributed by atoms with Gasteiger partial charge in [-0.3, -0.25) is 14.4 Å². The summed E-state index contributed by atoms with van der Waals surface area (Å²) in [7, 11) is 0. The molecule has 0 unspecified atom stereocenters. The molecule has 2 heterocycles. The number of rotatable bonds is 9. The van der Waals surface area contributed by atoms with Crippen molar-refractivity contribution in [3.63, 3.8) is 0 Å². The first-order valence-electron chi connectivity index (χ1n) is 12.3. The Morgan fingerprint density at radius 3 is 2.50 bits per heavy atom. The van der Waals surface area contributed by atoms with Crippen LogP contribution < -0.4 is 10.2 Å². The Morgan fingerprint density at radius 1 is 1.25 bits per heavy atom. The summed E-state index contributed by atoms with van der Waals surface area (Å²) >= 11 is 2.72.